The molecule has 4 N–H and O–H groups in total. The zero-order valence-electron chi connectivity index (χ0n) is 31.2. The molecule has 1 aliphatic rings. The van der Waals surface area contributed by atoms with Crippen molar-refractivity contribution in [3.8, 4) is 39.8 Å². The standard InChI is InChI=1S/C44H45ClN4O6/c1-28-34(6-4-8-38(28)39-9-5-7-37(29(39)2)33-12-10-30(11-13-33)23-49-15-14-36(51)24-49)26-55-42-18-41(54-25-32-16-31(19-46)20-47-21-32)35(17-40(42)45)22-48-44(3,27-50)43(52)53/h4-13,16-18,20-21,36,48,50-51H,14-15,22-27H2,1-3H3,(H,52,53)/t36-,44-/m0/s1. The van der Waals surface area contributed by atoms with Crippen LogP contribution >= 0.6 is 11.6 Å². The summed E-state index contributed by atoms with van der Waals surface area (Å²) >= 11 is 6.76. The maximum absolute atomic E-state index is 11.8. The monoisotopic (exact) mass is 760 g/mol. The van der Waals surface area contributed by atoms with E-state index in [-0.39, 0.29) is 25.9 Å². The number of likely N-dealkylation sites (tertiary alicyclic amines) is 1. The molecule has 2 atom stereocenters. The van der Waals surface area contributed by atoms with Crippen LogP contribution in [0.1, 0.15) is 52.3 Å². The molecule has 11 heteroatoms. The summed E-state index contributed by atoms with van der Waals surface area (Å²) < 4.78 is 12.5. The van der Waals surface area contributed by atoms with E-state index in [1.807, 2.05) is 12.1 Å². The Hall–Kier alpha value is -5.28. The van der Waals surface area contributed by atoms with Gasteiger partial charge in [0.2, 0.25) is 0 Å². The number of ether oxygens (including phenoxy) is 2. The number of aromatic nitrogens is 1. The number of aliphatic carboxylic acids is 1. The Kier molecular flexibility index (Phi) is 12.5. The maximum atomic E-state index is 11.8. The van der Waals surface area contributed by atoms with Gasteiger partial charge in [0.25, 0.3) is 0 Å². The maximum Gasteiger partial charge on any atom is 0.326 e. The van der Waals surface area contributed by atoms with Gasteiger partial charge < -0.3 is 24.8 Å². The molecule has 1 aromatic heterocycles. The van der Waals surface area contributed by atoms with Crippen molar-refractivity contribution in [2.75, 3.05) is 19.7 Å². The molecule has 0 saturated carbocycles. The van der Waals surface area contributed by atoms with E-state index >= 15 is 0 Å². The second kappa shape index (κ2) is 17.5. The lowest BCUT2D eigenvalue weighted by Gasteiger charge is -2.25. The Bertz CT molecular complexity index is 2200. The van der Waals surface area contributed by atoms with E-state index in [2.05, 4.69) is 83.6 Å². The summed E-state index contributed by atoms with van der Waals surface area (Å²) in [5.41, 5.74) is 9.00. The van der Waals surface area contributed by atoms with Gasteiger partial charge in [-0.25, -0.2) is 0 Å². The third-order valence-electron chi connectivity index (χ3n) is 10.3. The van der Waals surface area contributed by atoms with E-state index < -0.39 is 18.1 Å². The molecule has 0 aliphatic carbocycles. The highest BCUT2D eigenvalue weighted by atomic mass is 35.5. The van der Waals surface area contributed by atoms with Crippen LogP contribution in [0.2, 0.25) is 5.02 Å². The summed E-state index contributed by atoms with van der Waals surface area (Å²) in [4.78, 5) is 18.2. The molecule has 2 heterocycles. The molecule has 1 aliphatic heterocycles. The molecular weight excluding hydrogens is 716 g/mol. The summed E-state index contributed by atoms with van der Waals surface area (Å²) in [6.45, 7) is 7.81. The normalized spacial score (nSPS) is 15.3. The fraction of sp³-hybridized carbons (Fsp3) is 0.295. The van der Waals surface area contributed by atoms with Crippen molar-refractivity contribution in [2.24, 2.45) is 0 Å². The summed E-state index contributed by atoms with van der Waals surface area (Å²) in [5, 5.41) is 41.8. The number of carboxylic acid groups (broad SMARTS) is 1. The van der Waals surface area contributed by atoms with E-state index in [9.17, 15) is 25.4 Å². The first-order valence-electron chi connectivity index (χ1n) is 18.2. The van der Waals surface area contributed by atoms with Crippen molar-refractivity contribution in [1.29, 1.82) is 5.26 Å². The molecule has 1 saturated heterocycles. The summed E-state index contributed by atoms with van der Waals surface area (Å²) in [6, 6.07) is 28.3. The molecule has 55 heavy (non-hydrogen) atoms. The van der Waals surface area contributed by atoms with Gasteiger partial charge in [0, 0.05) is 55.8 Å². The van der Waals surface area contributed by atoms with E-state index in [1.54, 1.807) is 24.4 Å². The van der Waals surface area contributed by atoms with Crippen LogP contribution in [0, 0.1) is 25.2 Å². The van der Waals surface area contributed by atoms with Gasteiger partial charge in [-0.1, -0.05) is 72.3 Å². The quantitative estimate of drug-likeness (QED) is 0.0863. The number of rotatable bonds is 15. The second-order valence-corrected chi connectivity index (χ2v) is 14.7. The smallest absolute Gasteiger partial charge is 0.326 e. The van der Waals surface area contributed by atoms with Gasteiger partial charge in [0.1, 0.15) is 36.3 Å². The molecule has 0 radical (unpaired) electrons. The lowest BCUT2D eigenvalue weighted by atomic mass is 9.89. The highest BCUT2D eigenvalue weighted by Gasteiger charge is 2.32. The third-order valence-corrected chi connectivity index (χ3v) is 10.6. The third kappa shape index (κ3) is 9.34. The fourth-order valence-electron chi connectivity index (χ4n) is 6.77. The number of nitrogens with zero attached hydrogens (tertiary/aromatic N) is 3. The first-order chi connectivity index (χ1) is 26.5. The second-order valence-electron chi connectivity index (χ2n) is 14.3. The van der Waals surface area contributed by atoms with Gasteiger partial charge in [0.05, 0.1) is 23.3 Å². The Morgan fingerprint density at radius 2 is 1.65 bits per heavy atom. The van der Waals surface area contributed by atoms with E-state index in [0.717, 1.165) is 59.4 Å². The Labute approximate surface area is 326 Å². The lowest BCUT2D eigenvalue weighted by molar-refractivity contribution is -0.145. The zero-order valence-corrected chi connectivity index (χ0v) is 31.9. The molecule has 10 nitrogen and oxygen atoms in total. The number of carbonyl (C=O) groups is 1. The number of hydrogen-bond donors (Lipinski definition) is 4. The van der Waals surface area contributed by atoms with Crippen LogP contribution in [-0.4, -0.2) is 62.5 Å². The van der Waals surface area contributed by atoms with E-state index in [1.165, 1.54) is 24.2 Å². The largest absolute Gasteiger partial charge is 0.488 e. The number of nitriles is 1. The van der Waals surface area contributed by atoms with Crippen LogP contribution in [0.4, 0.5) is 0 Å². The van der Waals surface area contributed by atoms with E-state index in [0.29, 0.717) is 33.2 Å². The van der Waals surface area contributed by atoms with Crippen LogP contribution < -0.4 is 14.8 Å². The van der Waals surface area contributed by atoms with E-state index in [4.69, 9.17) is 21.1 Å². The molecule has 284 valence electrons. The van der Waals surface area contributed by atoms with Crippen LogP contribution in [-0.2, 0) is 31.1 Å². The summed E-state index contributed by atoms with van der Waals surface area (Å²) in [7, 11) is 0. The fourth-order valence-corrected chi connectivity index (χ4v) is 7.01. The van der Waals surface area contributed by atoms with Gasteiger partial charge in [-0.15, -0.1) is 0 Å². The molecule has 0 amide bonds. The predicted octanol–water partition coefficient (Wildman–Crippen LogP) is 7.21. The number of aliphatic hydroxyl groups is 2. The lowest BCUT2D eigenvalue weighted by Crippen LogP contribution is -2.52. The number of β-amino-alcohol motifs (C(OH)–C–C–N with tert-alkyl or cyclic N) is 1. The highest BCUT2D eigenvalue weighted by molar-refractivity contribution is 6.32. The Balaban J connectivity index is 1.22. The molecule has 6 rings (SSSR count). The number of pyridine rings is 1. The van der Waals surface area contributed by atoms with Gasteiger partial charge in [-0.2, -0.15) is 5.26 Å². The molecular formula is C44H45ClN4O6. The predicted molar refractivity (Wildman–Crippen MR) is 212 cm³/mol. The molecule has 0 bridgehead atoms. The first kappa shape index (κ1) is 39.4. The van der Waals surface area contributed by atoms with Crippen LogP contribution in [0.5, 0.6) is 11.5 Å². The SMILES string of the molecule is Cc1c(COc2cc(OCc3cncc(C#N)c3)c(CN[C@@](C)(CO)C(=O)O)cc2Cl)cccc1-c1cccc(-c2ccc(CN3CC[C@H](O)C3)cc2)c1C. The number of carboxylic acids is 1. The molecule has 4 aromatic carbocycles. The minimum absolute atomic E-state index is 0.0303. The van der Waals surface area contributed by atoms with Crippen LogP contribution in [0.3, 0.4) is 0 Å². The zero-order chi connectivity index (χ0) is 39.1. The van der Waals surface area contributed by atoms with Gasteiger partial charge in [0.15, 0.2) is 0 Å². The minimum Gasteiger partial charge on any atom is -0.488 e. The molecule has 5 aromatic rings. The number of halogens is 1. The summed E-state index contributed by atoms with van der Waals surface area (Å²) in [5.74, 6) is -0.437. The molecule has 0 spiro atoms. The van der Waals surface area contributed by atoms with Crippen LogP contribution in [0.15, 0.2) is 91.3 Å². The summed E-state index contributed by atoms with van der Waals surface area (Å²) in [6.07, 6.45) is 3.67. The number of aliphatic hydroxyl groups excluding tert-OH is 2. The number of hydrogen-bond acceptors (Lipinski definition) is 9. The topological polar surface area (TPSA) is 148 Å². The molecule has 0 unspecified atom stereocenters. The van der Waals surface area contributed by atoms with Gasteiger partial charge >= 0.3 is 5.97 Å². The average molecular weight is 761 g/mol. The van der Waals surface area contributed by atoms with Crippen molar-refractivity contribution in [2.45, 2.75) is 65.1 Å². The number of nitrogens with one attached hydrogen (secondary N) is 1. The van der Waals surface area contributed by atoms with Crippen molar-refractivity contribution in [1.82, 2.24) is 15.2 Å². The van der Waals surface area contributed by atoms with Crippen molar-refractivity contribution in [3.63, 3.8) is 0 Å². The first-order valence-corrected chi connectivity index (χ1v) is 18.6. The van der Waals surface area contributed by atoms with Crippen molar-refractivity contribution >= 4 is 17.6 Å². The number of benzene rings is 4. The van der Waals surface area contributed by atoms with Gasteiger partial charge in [-0.05, 0) is 83.8 Å². The molecule has 1 fully saturated rings. The Morgan fingerprint density at radius 3 is 2.35 bits per heavy atom. The highest BCUT2D eigenvalue weighted by Crippen LogP contribution is 2.37. The Morgan fingerprint density at radius 1 is 0.945 bits per heavy atom. The van der Waals surface area contributed by atoms with Crippen LogP contribution in [0.25, 0.3) is 22.3 Å². The minimum atomic E-state index is -1.59. The average Bonchev–Trinajstić information content (AvgIpc) is 3.60. The van der Waals surface area contributed by atoms with Crippen molar-refractivity contribution in [3.05, 3.63) is 135 Å². The van der Waals surface area contributed by atoms with Crippen molar-refractivity contribution < 1.29 is 29.6 Å². The van der Waals surface area contributed by atoms with Gasteiger partial charge in [-0.3, -0.25) is 20.0 Å².